The number of imidazole rings is 1. The number of aromatic nitrogens is 2. The van der Waals surface area contributed by atoms with Crippen LogP contribution in [0.5, 0.6) is 0 Å². The molecule has 0 saturated heterocycles. The Bertz CT molecular complexity index is 773. The second kappa shape index (κ2) is 6.90. The third kappa shape index (κ3) is 2.94. The normalized spacial score (nSPS) is 45.2. The summed E-state index contributed by atoms with van der Waals surface area (Å²) in [6.07, 6.45) is 14.8. The topological polar surface area (TPSA) is 43.8 Å². The molecule has 162 valence electrons. The lowest BCUT2D eigenvalue weighted by Gasteiger charge is -2.65. The third-order valence-corrected chi connectivity index (χ3v) is 9.56. The molecule has 1 heterocycles. The highest BCUT2D eigenvalue weighted by Crippen LogP contribution is 2.72. The molecule has 4 aliphatic rings. The zero-order valence-corrected chi connectivity index (χ0v) is 18.4. The van der Waals surface area contributed by atoms with Crippen molar-refractivity contribution in [1.82, 2.24) is 9.55 Å². The average molecular weight is 406 g/mol. The van der Waals surface area contributed by atoms with Crippen LogP contribution in [0, 0.1) is 34.0 Å². The number of rotatable bonds is 1. The van der Waals surface area contributed by atoms with Gasteiger partial charge in [-0.3, -0.25) is 0 Å². The lowest BCUT2D eigenvalue weighted by Crippen LogP contribution is -2.59. The van der Waals surface area contributed by atoms with E-state index in [1.807, 2.05) is 12.5 Å². The summed E-state index contributed by atoms with van der Waals surface area (Å²) in [6, 6.07) is 0. The highest BCUT2D eigenvalue weighted by molar-refractivity contribution is 5.57. The molecule has 0 amide bonds. The quantitative estimate of drug-likeness (QED) is 0.625. The number of allylic oxidation sites excluding steroid dienone is 2. The van der Waals surface area contributed by atoms with E-state index in [4.69, 9.17) is 0 Å². The summed E-state index contributed by atoms with van der Waals surface area (Å²) in [6.45, 7) is 7.30. The van der Waals surface area contributed by atoms with Gasteiger partial charge in [-0.15, -0.1) is 0 Å². The van der Waals surface area contributed by atoms with Crippen LogP contribution in [0.3, 0.4) is 0 Å². The van der Waals surface area contributed by atoms with Crippen LogP contribution in [0.4, 0.5) is 8.78 Å². The van der Waals surface area contributed by atoms with Crippen LogP contribution in [0.25, 0.3) is 5.70 Å². The van der Waals surface area contributed by atoms with Gasteiger partial charge in [0.25, 0.3) is 0 Å². The van der Waals surface area contributed by atoms with Crippen molar-refractivity contribution in [1.29, 1.82) is 0 Å². The Morgan fingerprint density at radius 2 is 1.76 bits per heavy atom. The Morgan fingerprint density at radius 1 is 1.00 bits per heavy atom. The second-order valence-corrected chi connectivity index (χ2v) is 10.7. The molecule has 6 unspecified atom stereocenters. The average Bonchev–Trinajstić information content (AvgIpc) is 3.32. The van der Waals surface area contributed by atoms with Gasteiger partial charge in [0.05, 0.1) is 6.33 Å². The van der Waals surface area contributed by atoms with Gasteiger partial charge >= 0.3 is 0 Å². The van der Waals surface area contributed by atoms with Crippen molar-refractivity contribution in [3.63, 3.8) is 0 Å². The maximum absolute atomic E-state index is 14.1. The molecule has 29 heavy (non-hydrogen) atoms. The number of halogens is 2. The van der Waals surface area contributed by atoms with Crippen LogP contribution < -0.4 is 5.73 Å². The van der Waals surface area contributed by atoms with E-state index in [0.29, 0.717) is 18.3 Å². The van der Waals surface area contributed by atoms with Gasteiger partial charge in [-0.2, -0.15) is 0 Å². The van der Waals surface area contributed by atoms with Crippen molar-refractivity contribution in [3.05, 3.63) is 24.8 Å². The minimum atomic E-state index is -2.44. The Hall–Kier alpha value is -1.23. The van der Waals surface area contributed by atoms with Crippen molar-refractivity contribution in [2.24, 2.45) is 39.7 Å². The van der Waals surface area contributed by atoms with Crippen LogP contribution in [0.2, 0.25) is 0 Å². The van der Waals surface area contributed by atoms with Gasteiger partial charge in [0.1, 0.15) is 0 Å². The predicted octanol–water partition coefficient (Wildman–Crippen LogP) is 5.98. The van der Waals surface area contributed by atoms with E-state index in [2.05, 4.69) is 48.3 Å². The smallest absolute Gasteiger partial charge is 0.248 e. The molecule has 0 aromatic carbocycles. The lowest BCUT2D eigenvalue weighted by molar-refractivity contribution is -0.189. The minimum absolute atomic E-state index is 0.0903. The molecule has 0 spiro atoms. The number of hydrogen-bond donors (Lipinski definition) is 1. The molecule has 0 radical (unpaired) electrons. The number of nitrogens with zero attached hydrogens (tertiary/aromatic N) is 2. The van der Waals surface area contributed by atoms with Crippen LogP contribution in [0.15, 0.2) is 24.8 Å². The third-order valence-electron chi connectivity index (χ3n) is 9.56. The molecule has 5 heteroatoms. The maximum atomic E-state index is 14.1. The predicted molar refractivity (Wildman–Crippen MR) is 113 cm³/mol. The number of hydrogen-bond acceptors (Lipinski definition) is 2. The molecule has 0 bridgehead atoms. The van der Waals surface area contributed by atoms with Crippen molar-refractivity contribution in [2.75, 3.05) is 7.05 Å². The number of fused-ring (bicyclic) bond motifs is 5. The fourth-order valence-electron chi connectivity index (χ4n) is 8.18. The van der Waals surface area contributed by atoms with E-state index in [0.717, 1.165) is 19.3 Å². The molecule has 0 aliphatic heterocycles. The molecule has 3 fully saturated rings. The minimum Gasteiger partial charge on any atom is -0.333 e. The summed E-state index contributed by atoms with van der Waals surface area (Å²) < 4.78 is 30.5. The van der Waals surface area contributed by atoms with Gasteiger partial charge in [0.15, 0.2) is 0 Å². The molecular formula is C24H37F2N3. The summed E-state index contributed by atoms with van der Waals surface area (Å²) in [5.74, 6) is -1.05. The Labute approximate surface area is 174 Å². The van der Waals surface area contributed by atoms with Gasteiger partial charge in [-0.25, -0.2) is 13.8 Å². The van der Waals surface area contributed by atoms with E-state index in [1.54, 1.807) is 0 Å². The van der Waals surface area contributed by atoms with E-state index in [1.165, 1.54) is 25.6 Å². The summed E-state index contributed by atoms with van der Waals surface area (Å²) in [7, 11) is 1.50. The molecule has 4 aliphatic carbocycles. The van der Waals surface area contributed by atoms with Gasteiger partial charge in [-0.05, 0) is 74.2 Å². The van der Waals surface area contributed by atoms with Crippen molar-refractivity contribution in [2.45, 2.75) is 78.1 Å². The first-order chi connectivity index (χ1) is 13.7. The van der Waals surface area contributed by atoms with E-state index < -0.39 is 5.92 Å². The Kier molecular flexibility index (Phi) is 5.00. The van der Waals surface area contributed by atoms with Crippen LogP contribution in [-0.4, -0.2) is 22.5 Å². The summed E-state index contributed by atoms with van der Waals surface area (Å²) in [5.41, 5.74) is 6.43. The molecule has 6 atom stereocenters. The zero-order valence-electron chi connectivity index (χ0n) is 18.4. The maximum Gasteiger partial charge on any atom is 0.248 e. The van der Waals surface area contributed by atoms with E-state index in [9.17, 15) is 8.78 Å². The fraction of sp³-hybridized carbons (Fsp3) is 0.792. The van der Waals surface area contributed by atoms with E-state index >= 15 is 0 Å². The first-order valence-electron chi connectivity index (χ1n) is 11.3. The van der Waals surface area contributed by atoms with Gasteiger partial charge in [0.2, 0.25) is 5.92 Å². The van der Waals surface area contributed by atoms with Crippen molar-refractivity contribution >= 4 is 5.70 Å². The number of alkyl halides is 2. The molecular weight excluding hydrogens is 368 g/mol. The largest absolute Gasteiger partial charge is 0.333 e. The standard InChI is InChI=1S/C23H32F2N2.CH5N/c1-20-10-11-23(24,25)14-16(20)6-8-21(2)17-4-5-19(27-13-12-26-15-27)22(17,3)9-7-18(20)21;1-2/h5,12-13,15-18H,4,6-11,14H2,1-3H3;2H2,1H3. The van der Waals surface area contributed by atoms with Gasteiger partial charge < -0.3 is 10.3 Å². The molecule has 1 aromatic heterocycles. The lowest BCUT2D eigenvalue weighted by atomic mass is 9.39. The highest BCUT2D eigenvalue weighted by Gasteiger charge is 2.65. The van der Waals surface area contributed by atoms with Crippen molar-refractivity contribution in [3.8, 4) is 0 Å². The van der Waals surface area contributed by atoms with Crippen molar-refractivity contribution < 1.29 is 8.78 Å². The van der Waals surface area contributed by atoms with Crippen LogP contribution in [0.1, 0.15) is 72.1 Å². The molecule has 3 nitrogen and oxygen atoms in total. The molecule has 3 saturated carbocycles. The molecule has 1 aromatic rings. The van der Waals surface area contributed by atoms with E-state index in [-0.39, 0.29) is 35.0 Å². The number of nitrogens with two attached hydrogens (primary N) is 1. The Morgan fingerprint density at radius 3 is 2.45 bits per heavy atom. The van der Waals surface area contributed by atoms with Crippen LogP contribution >= 0.6 is 0 Å². The zero-order chi connectivity index (χ0) is 21.1. The highest BCUT2D eigenvalue weighted by atomic mass is 19.3. The first-order valence-corrected chi connectivity index (χ1v) is 11.3. The SMILES string of the molecule is CC12CCC3C4(C)CCC(F)(F)CC4CCC3(C)C1CC=C2n1ccnc1.CN. The van der Waals surface area contributed by atoms with Gasteiger partial charge in [0, 0.05) is 36.3 Å². The first kappa shape index (κ1) is 21.0. The Balaban J connectivity index is 0.000000994. The summed E-state index contributed by atoms with van der Waals surface area (Å²) >= 11 is 0. The monoisotopic (exact) mass is 405 g/mol. The fourth-order valence-corrected chi connectivity index (χ4v) is 8.18. The van der Waals surface area contributed by atoms with Crippen LogP contribution in [-0.2, 0) is 0 Å². The van der Waals surface area contributed by atoms with Gasteiger partial charge in [-0.1, -0.05) is 26.8 Å². The summed E-state index contributed by atoms with van der Waals surface area (Å²) in [5, 5.41) is 0. The second-order valence-electron chi connectivity index (χ2n) is 10.7. The summed E-state index contributed by atoms with van der Waals surface area (Å²) in [4.78, 5) is 4.26. The molecule has 5 rings (SSSR count). The molecule has 2 N–H and O–H groups in total.